The van der Waals surface area contributed by atoms with Gasteiger partial charge in [-0.25, -0.2) is 0 Å². The van der Waals surface area contributed by atoms with Crippen LogP contribution in [-0.2, 0) is 4.79 Å². The molecule has 0 radical (unpaired) electrons. The number of amides is 1. The summed E-state index contributed by atoms with van der Waals surface area (Å²) in [6, 6.07) is -0.762. The van der Waals surface area contributed by atoms with Crippen LogP contribution < -0.4 is 5.32 Å². The van der Waals surface area contributed by atoms with E-state index in [1.54, 1.807) is 6.08 Å². The highest BCUT2D eigenvalue weighted by Crippen LogP contribution is 2.15. The number of unbranched alkanes of at least 4 members (excludes halogenated alkanes) is 21. The molecule has 0 aliphatic rings. The van der Waals surface area contributed by atoms with E-state index in [-0.39, 0.29) is 18.9 Å². The Balaban J connectivity index is 3.65. The molecule has 3 atom stereocenters. The number of carbonyl (C=O) groups is 1. The smallest absolute Gasteiger partial charge is 0.222 e. The summed E-state index contributed by atoms with van der Waals surface area (Å²) in [6.45, 7) is 4.07. The van der Waals surface area contributed by atoms with Crippen LogP contribution in [0.25, 0.3) is 0 Å². The molecule has 0 aromatic heterocycles. The Morgan fingerprint density at radius 1 is 0.578 bits per heavy atom. The minimum atomic E-state index is -0.955. The van der Waals surface area contributed by atoms with Gasteiger partial charge in [0.15, 0.2) is 0 Å². The van der Waals surface area contributed by atoms with Gasteiger partial charge in [-0.05, 0) is 38.5 Å². The number of allylic oxidation sites excluding steroid dienone is 5. The molecule has 0 bridgehead atoms. The average molecular weight is 634 g/mol. The molecule has 45 heavy (non-hydrogen) atoms. The predicted octanol–water partition coefficient (Wildman–Crippen LogP) is 10.4. The number of aliphatic hydroxyl groups is 3. The molecular weight excluding hydrogens is 558 g/mol. The third kappa shape index (κ3) is 32.3. The summed E-state index contributed by atoms with van der Waals surface area (Å²) in [5.41, 5.74) is 0. The van der Waals surface area contributed by atoms with E-state index in [2.05, 4.69) is 43.5 Å². The molecule has 5 heteroatoms. The van der Waals surface area contributed by atoms with Gasteiger partial charge in [-0.15, -0.1) is 0 Å². The van der Waals surface area contributed by atoms with Crippen molar-refractivity contribution in [2.24, 2.45) is 0 Å². The van der Waals surface area contributed by atoms with Crippen LogP contribution in [0.3, 0.4) is 0 Å². The summed E-state index contributed by atoms with van der Waals surface area (Å²) in [5.74, 6) is -0.331. The fraction of sp³-hybridized carbons (Fsp3) is 0.825. The second-order valence-electron chi connectivity index (χ2n) is 13.1. The predicted molar refractivity (Wildman–Crippen MR) is 194 cm³/mol. The Bertz CT molecular complexity index is 704. The number of hydrogen-bond acceptors (Lipinski definition) is 4. The zero-order valence-corrected chi connectivity index (χ0v) is 29.7. The maximum atomic E-state index is 12.3. The van der Waals surface area contributed by atoms with Crippen LogP contribution >= 0.6 is 0 Å². The molecule has 0 aromatic rings. The molecule has 1 amide bonds. The van der Waals surface area contributed by atoms with Gasteiger partial charge in [0.2, 0.25) is 5.91 Å². The van der Waals surface area contributed by atoms with E-state index in [0.717, 1.165) is 44.9 Å². The van der Waals surface area contributed by atoms with E-state index < -0.39 is 18.2 Å². The molecule has 0 aliphatic heterocycles. The van der Waals surface area contributed by atoms with Crippen molar-refractivity contribution in [2.45, 2.75) is 205 Å². The molecule has 264 valence electrons. The third-order valence-electron chi connectivity index (χ3n) is 8.67. The van der Waals surface area contributed by atoms with Crippen molar-refractivity contribution in [3.05, 3.63) is 36.5 Å². The summed E-state index contributed by atoms with van der Waals surface area (Å²) >= 11 is 0. The number of rotatable bonds is 34. The number of aliphatic hydroxyl groups excluding tert-OH is 3. The SMILES string of the molecule is CC/C=C/CC/C=C/CC/C=C/C(O)C(CO)NC(=O)CC(O)CCCCCCCCCCCCCCCCCCCCCC. The third-order valence-corrected chi connectivity index (χ3v) is 8.67. The molecule has 4 N–H and O–H groups in total. The van der Waals surface area contributed by atoms with Gasteiger partial charge in [-0.1, -0.05) is 179 Å². The van der Waals surface area contributed by atoms with Crippen molar-refractivity contribution in [3.63, 3.8) is 0 Å². The van der Waals surface area contributed by atoms with Crippen LogP contribution in [0.4, 0.5) is 0 Å². The lowest BCUT2D eigenvalue weighted by molar-refractivity contribution is -0.124. The Morgan fingerprint density at radius 3 is 1.40 bits per heavy atom. The highest BCUT2D eigenvalue weighted by Gasteiger charge is 2.20. The Labute approximate surface area is 279 Å². The van der Waals surface area contributed by atoms with E-state index >= 15 is 0 Å². The zero-order chi connectivity index (χ0) is 33.1. The number of carbonyl (C=O) groups excluding carboxylic acids is 1. The average Bonchev–Trinajstić information content (AvgIpc) is 3.03. The second-order valence-corrected chi connectivity index (χ2v) is 13.1. The van der Waals surface area contributed by atoms with Gasteiger partial charge in [0.25, 0.3) is 0 Å². The normalized spacial score (nSPS) is 14.2. The van der Waals surface area contributed by atoms with E-state index in [1.807, 2.05) is 6.08 Å². The minimum Gasteiger partial charge on any atom is -0.394 e. The van der Waals surface area contributed by atoms with Crippen LogP contribution in [0.5, 0.6) is 0 Å². The van der Waals surface area contributed by atoms with Crippen LogP contribution in [0, 0.1) is 0 Å². The minimum absolute atomic E-state index is 0.00426. The van der Waals surface area contributed by atoms with Crippen molar-refractivity contribution in [2.75, 3.05) is 6.61 Å². The summed E-state index contributed by atoms with van der Waals surface area (Å²) in [4.78, 5) is 12.3. The summed E-state index contributed by atoms with van der Waals surface area (Å²) < 4.78 is 0. The van der Waals surface area contributed by atoms with Crippen LogP contribution in [0.1, 0.15) is 187 Å². The van der Waals surface area contributed by atoms with E-state index in [4.69, 9.17) is 0 Å². The lowest BCUT2D eigenvalue weighted by atomic mass is 10.0. The molecule has 0 aliphatic carbocycles. The van der Waals surface area contributed by atoms with Gasteiger partial charge >= 0.3 is 0 Å². The van der Waals surface area contributed by atoms with Crippen molar-refractivity contribution in [1.82, 2.24) is 5.32 Å². The van der Waals surface area contributed by atoms with Crippen molar-refractivity contribution in [3.8, 4) is 0 Å². The molecule has 0 saturated carbocycles. The Kier molecular flexibility index (Phi) is 34.3. The zero-order valence-electron chi connectivity index (χ0n) is 29.7. The largest absolute Gasteiger partial charge is 0.394 e. The molecule has 0 aromatic carbocycles. The first kappa shape index (κ1) is 43.6. The standard InChI is InChI=1S/C40H75NO4/c1-3-5-7-9-11-13-15-16-17-18-19-20-21-22-23-24-25-27-29-31-33-37(43)35-40(45)41-38(36-42)39(44)34-32-30-28-26-14-12-10-8-6-4-2/h6,8,14,26,32,34,37-39,42-44H,3-5,7,9-13,15-25,27-31,33,35-36H2,1-2H3,(H,41,45)/b8-6+,26-14+,34-32+. The lowest BCUT2D eigenvalue weighted by Gasteiger charge is -2.21. The quantitative estimate of drug-likeness (QED) is 0.0419. The van der Waals surface area contributed by atoms with Gasteiger partial charge in [-0.3, -0.25) is 4.79 Å². The van der Waals surface area contributed by atoms with Gasteiger partial charge in [-0.2, -0.15) is 0 Å². The summed E-state index contributed by atoms with van der Waals surface area (Å²) in [7, 11) is 0. The Morgan fingerprint density at radius 2 is 0.978 bits per heavy atom. The first-order chi connectivity index (χ1) is 22.0. The van der Waals surface area contributed by atoms with Gasteiger partial charge < -0.3 is 20.6 Å². The topological polar surface area (TPSA) is 89.8 Å². The fourth-order valence-corrected chi connectivity index (χ4v) is 5.73. The van der Waals surface area contributed by atoms with Crippen LogP contribution in [-0.4, -0.2) is 46.1 Å². The Hall–Kier alpha value is -1.43. The fourth-order valence-electron chi connectivity index (χ4n) is 5.73. The maximum Gasteiger partial charge on any atom is 0.222 e. The first-order valence-corrected chi connectivity index (χ1v) is 19.3. The lowest BCUT2D eigenvalue weighted by Crippen LogP contribution is -2.45. The molecular formula is C40H75NO4. The van der Waals surface area contributed by atoms with Gasteiger partial charge in [0.1, 0.15) is 0 Å². The van der Waals surface area contributed by atoms with E-state index in [0.29, 0.717) is 6.42 Å². The van der Waals surface area contributed by atoms with Crippen LogP contribution in [0.15, 0.2) is 36.5 Å². The second kappa shape index (κ2) is 35.4. The molecule has 0 heterocycles. The highest BCUT2D eigenvalue weighted by atomic mass is 16.3. The van der Waals surface area contributed by atoms with Crippen molar-refractivity contribution in [1.29, 1.82) is 0 Å². The van der Waals surface area contributed by atoms with Gasteiger partial charge in [0, 0.05) is 0 Å². The molecule has 5 nitrogen and oxygen atoms in total. The molecule has 0 rings (SSSR count). The van der Waals surface area contributed by atoms with Gasteiger partial charge in [0.05, 0.1) is 31.3 Å². The van der Waals surface area contributed by atoms with E-state index in [1.165, 1.54) is 116 Å². The summed E-state index contributed by atoms with van der Waals surface area (Å²) in [6.07, 6.45) is 42.9. The number of nitrogens with one attached hydrogen (secondary N) is 1. The van der Waals surface area contributed by atoms with Crippen molar-refractivity contribution < 1.29 is 20.1 Å². The first-order valence-electron chi connectivity index (χ1n) is 19.3. The molecule has 3 unspecified atom stereocenters. The molecule has 0 fully saturated rings. The monoisotopic (exact) mass is 634 g/mol. The summed E-state index contributed by atoms with van der Waals surface area (Å²) in [5, 5.41) is 33.0. The van der Waals surface area contributed by atoms with E-state index in [9.17, 15) is 20.1 Å². The number of hydrogen-bond donors (Lipinski definition) is 4. The maximum absolute atomic E-state index is 12.3. The molecule has 0 saturated heterocycles. The molecule has 0 spiro atoms. The van der Waals surface area contributed by atoms with Crippen LogP contribution in [0.2, 0.25) is 0 Å². The van der Waals surface area contributed by atoms with Crippen molar-refractivity contribution >= 4 is 5.91 Å². The highest BCUT2D eigenvalue weighted by molar-refractivity contribution is 5.76.